The van der Waals surface area contributed by atoms with Crippen molar-refractivity contribution >= 4 is 17.7 Å². The number of hydrogen-bond acceptors (Lipinski definition) is 5. The van der Waals surface area contributed by atoms with Crippen LogP contribution in [0.2, 0.25) is 0 Å². The first-order valence-electron chi connectivity index (χ1n) is 12.4. The van der Waals surface area contributed by atoms with Gasteiger partial charge in [0.2, 0.25) is 5.91 Å². The van der Waals surface area contributed by atoms with Crippen LogP contribution in [0.5, 0.6) is 0 Å². The van der Waals surface area contributed by atoms with E-state index in [2.05, 4.69) is 15.1 Å². The van der Waals surface area contributed by atoms with Gasteiger partial charge in [0.15, 0.2) is 11.0 Å². The summed E-state index contributed by atoms with van der Waals surface area (Å²) in [4.78, 5) is 13.6. The number of halogens is 3. The van der Waals surface area contributed by atoms with Gasteiger partial charge in [-0.1, -0.05) is 48.2 Å². The molecule has 10 heteroatoms. The van der Waals surface area contributed by atoms with Gasteiger partial charge in [0, 0.05) is 24.9 Å². The quantitative estimate of drug-likeness (QED) is 0.316. The lowest BCUT2D eigenvalue weighted by Gasteiger charge is -2.16. The van der Waals surface area contributed by atoms with E-state index in [9.17, 15) is 18.0 Å². The second-order valence-corrected chi connectivity index (χ2v) is 11.2. The van der Waals surface area contributed by atoms with Crippen molar-refractivity contribution in [1.29, 1.82) is 0 Å². The van der Waals surface area contributed by atoms with Crippen LogP contribution in [-0.2, 0) is 24.4 Å². The second kappa shape index (κ2) is 10.1. The van der Waals surface area contributed by atoms with Crippen molar-refractivity contribution in [3.63, 3.8) is 0 Å². The molecule has 1 saturated carbocycles. The lowest BCUT2D eigenvalue weighted by molar-refractivity contribution is -0.137. The fourth-order valence-electron chi connectivity index (χ4n) is 5.47. The molecule has 2 aliphatic rings. The van der Waals surface area contributed by atoms with Crippen molar-refractivity contribution in [2.75, 3.05) is 25.4 Å². The van der Waals surface area contributed by atoms with E-state index in [0.717, 1.165) is 72.3 Å². The number of carbonyl (C=O) groups excluding carboxylic acids is 1. The molecule has 1 aromatic heterocycles. The Hall–Kier alpha value is -2.85. The number of carbonyl (C=O) groups is 1. The molecule has 5 rings (SSSR count). The Labute approximate surface area is 218 Å². The molecule has 1 aliphatic heterocycles. The largest absolute Gasteiger partial charge is 0.416 e. The lowest BCUT2D eigenvalue weighted by atomic mass is 9.97. The number of thioether (sulfide) groups is 1. The van der Waals surface area contributed by atoms with Crippen LogP contribution in [0, 0.1) is 5.41 Å². The molecule has 0 radical (unpaired) electrons. The smallest absolute Gasteiger partial charge is 0.369 e. The summed E-state index contributed by atoms with van der Waals surface area (Å²) < 4.78 is 40.6. The molecule has 1 amide bonds. The van der Waals surface area contributed by atoms with Crippen molar-refractivity contribution in [3.05, 3.63) is 65.2 Å². The van der Waals surface area contributed by atoms with Crippen LogP contribution in [0.3, 0.4) is 0 Å². The Balaban J connectivity index is 1.08. The third-order valence-electron chi connectivity index (χ3n) is 7.57. The van der Waals surface area contributed by atoms with Gasteiger partial charge < -0.3 is 15.2 Å². The number of likely N-dealkylation sites (tertiary alicyclic amines) is 1. The van der Waals surface area contributed by atoms with Crippen molar-refractivity contribution in [2.45, 2.75) is 42.9 Å². The molecule has 3 aromatic rings. The summed E-state index contributed by atoms with van der Waals surface area (Å²) in [5.74, 6) is 1.72. The van der Waals surface area contributed by atoms with E-state index in [-0.39, 0.29) is 17.7 Å². The number of alkyl halides is 3. The van der Waals surface area contributed by atoms with E-state index in [1.165, 1.54) is 12.1 Å². The highest BCUT2D eigenvalue weighted by atomic mass is 32.2. The highest BCUT2D eigenvalue weighted by molar-refractivity contribution is 7.99. The molecule has 196 valence electrons. The molecule has 2 heterocycles. The first-order valence-corrected chi connectivity index (χ1v) is 13.4. The SMILES string of the molecule is Cn1c(SCCCN2CC[C@]3(CC3c3ccc(C(F)(F)F)cc3)C2)nnc1-c1ccc(CC(N)=O)cc1. The van der Waals surface area contributed by atoms with Gasteiger partial charge in [0.1, 0.15) is 0 Å². The van der Waals surface area contributed by atoms with Gasteiger partial charge in [-0.05, 0) is 66.9 Å². The predicted octanol–water partition coefficient (Wildman–Crippen LogP) is 4.89. The number of rotatable bonds is 9. The zero-order chi connectivity index (χ0) is 26.2. The zero-order valence-electron chi connectivity index (χ0n) is 20.7. The van der Waals surface area contributed by atoms with Gasteiger partial charge >= 0.3 is 6.18 Å². The van der Waals surface area contributed by atoms with Crippen molar-refractivity contribution in [2.24, 2.45) is 18.2 Å². The fourth-order valence-corrected chi connectivity index (χ4v) is 6.30. The molecule has 2 fully saturated rings. The summed E-state index contributed by atoms with van der Waals surface area (Å²) in [6, 6.07) is 13.4. The maximum atomic E-state index is 12.9. The van der Waals surface area contributed by atoms with Gasteiger partial charge in [-0.25, -0.2) is 0 Å². The molecule has 2 N–H and O–H groups in total. The first-order chi connectivity index (χ1) is 17.6. The van der Waals surface area contributed by atoms with Crippen molar-refractivity contribution in [1.82, 2.24) is 19.7 Å². The highest BCUT2D eigenvalue weighted by Crippen LogP contribution is 2.64. The summed E-state index contributed by atoms with van der Waals surface area (Å²) in [5.41, 5.74) is 7.75. The van der Waals surface area contributed by atoms with Gasteiger partial charge in [-0.2, -0.15) is 13.2 Å². The fraction of sp³-hybridized carbons (Fsp3) is 0.444. The minimum absolute atomic E-state index is 0.216. The number of aromatic nitrogens is 3. The van der Waals surface area contributed by atoms with E-state index in [1.54, 1.807) is 23.9 Å². The van der Waals surface area contributed by atoms with Crippen molar-refractivity contribution in [3.8, 4) is 11.4 Å². The third-order valence-corrected chi connectivity index (χ3v) is 8.68. The summed E-state index contributed by atoms with van der Waals surface area (Å²) in [6.07, 6.45) is -0.872. The zero-order valence-corrected chi connectivity index (χ0v) is 21.5. The highest BCUT2D eigenvalue weighted by Gasteiger charge is 2.57. The van der Waals surface area contributed by atoms with E-state index in [1.807, 2.05) is 35.9 Å². The number of primary amides is 1. The Bertz CT molecular complexity index is 1260. The van der Waals surface area contributed by atoms with Gasteiger partial charge in [-0.15, -0.1) is 10.2 Å². The number of amides is 1. The van der Waals surface area contributed by atoms with Crippen LogP contribution >= 0.6 is 11.8 Å². The van der Waals surface area contributed by atoms with Gasteiger partial charge in [0.25, 0.3) is 0 Å². The molecular weight excluding hydrogens is 499 g/mol. The summed E-state index contributed by atoms with van der Waals surface area (Å²) >= 11 is 1.68. The molecule has 1 spiro atoms. The summed E-state index contributed by atoms with van der Waals surface area (Å²) in [7, 11) is 1.95. The minimum atomic E-state index is -4.28. The average molecular weight is 530 g/mol. The van der Waals surface area contributed by atoms with Gasteiger partial charge in [-0.3, -0.25) is 4.79 Å². The summed E-state index contributed by atoms with van der Waals surface area (Å²) in [6.45, 7) is 3.06. The van der Waals surface area contributed by atoms with Crippen LogP contribution in [0.25, 0.3) is 11.4 Å². The third kappa shape index (κ3) is 5.70. The molecule has 6 nitrogen and oxygen atoms in total. The molecule has 1 aliphatic carbocycles. The standard InChI is InChI=1S/C27H30F3N5OS/c1-34-24(20-5-3-18(4-6-20)15-23(31)36)32-33-25(34)37-14-2-12-35-13-11-26(17-35)16-22(26)19-7-9-21(10-8-19)27(28,29)30/h3-10,22H,2,11-17H2,1H3,(H2,31,36)/t22?,26-/m0/s1. The average Bonchev–Trinajstić information content (AvgIpc) is 3.20. The second-order valence-electron chi connectivity index (χ2n) is 10.2. The van der Waals surface area contributed by atoms with E-state index < -0.39 is 11.7 Å². The van der Waals surface area contributed by atoms with E-state index in [0.29, 0.717) is 5.92 Å². The Morgan fingerprint density at radius 3 is 2.54 bits per heavy atom. The van der Waals surface area contributed by atoms with Gasteiger partial charge in [0.05, 0.1) is 12.0 Å². The van der Waals surface area contributed by atoms with Crippen LogP contribution in [0.15, 0.2) is 53.7 Å². The molecule has 2 aromatic carbocycles. The molecule has 0 bridgehead atoms. The minimum Gasteiger partial charge on any atom is -0.369 e. The normalized spacial score (nSPS) is 21.6. The maximum Gasteiger partial charge on any atom is 0.416 e. The Kier molecular flexibility index (Phi) is 7.06. The van der Waals surface area contributed by atoms with Crippen LogP contribution in [0.4, 0.5) is 13.2 Å². The Morgan fingerprint density at radius 1 is 1.14 bits per heavy atom. The summed E-state index contributed by atoms with van der Waals surface area (Å²) in [5, 5.41) is 9.55. The molecule has 2 atom stereocenters. The van der Waals surface area contributed by atoms with Crippen LogP contribution in [-0.4, -0.2) is 51.0 Å². The number of nitrogens with two attached hydrogens (primary N) is 1. The maximum absolute atomic E-state index is 12.9. The molecule has 1 unspecified atom stereocenters. The monoisotopic (exact) mass is 529 g/mol. The predicted molar refractivity (Wildman–Crippen MR) is 137 cm³/mol. The number of hydrogen-bond donors (Lipinski definition) is 1. The van der Waals surface area contributed by atoms with Crippen LogP contribution in [0.1, 0.15) is 41.9 Å². The lowest BCUT2D eigenvalue weighted by Crippen LogP contribution is -2.23. The Morgan fingerprint density at radius 2 is 1.86 bits per heavy atom. The molecular formula is C27H30F3N5OS. The molecule has 37 heavy (non-hydrogen) atoms. The topological polar surface area (TPSA) is 77.0 Å². The van der Waals surface area contributed by atoms with E-state index in [4.69, 9.17) is 5.73 Å². The number of benzene rings is 2. The first kappa shape index (κ1) is 25.8. The van der Waals surface area contributed by atoms with Crippen LogP contribution < -0.4 is 5.73 Å². The molecule has 1 saturated heterocycles. The number of nitrogens with zero attached hydrogens (tertiary/aromatic N) is 4. The van der Waals surface area contributed by atoms with Crippen molar-refractivity contribution < 1.29 is 18.0 Å². The van der Waals surface area contributed by atoms with E-state index >= 15 is 0 Å².